The first-order valence-corrected chi connectivity index (χ1v) is 6.78. The lowest BCUT2D eigenvalue weighted by molar-refractivity contribution is 0.204. The van der Waals surface area contributed by atoms with E-state index >= 15 is 0 Å². The highest BCUT2D eigenvalue weighted by atomic mass is 19.1. The van der Waals surface area contributed by atoms with E-state index in [9.17, 15) is 4.39 Å². The zero-order valence-corrected chi connectivity index (χ0v) is 10.2. The molecular formula is C15H20FN. The third-order valence-corrected chi connectivity index (χ3v) is 4.29. The molecule has 0 N–H and O–H groups in total. The molecule has 1 fully saturated rings. The Kier molecular flexibility index (Phi) is 3.15. The quantitative estimate of drug-likeness (QED) is 0.674. The van der Waals surface area contributed by atoms with Crippen molar-refractivity contribution in [3.63, 3.8) is 0 Å². The van der Waals surface area contributed by atoms with Crippen molar-refractivity contribution in [2.75, 3.05) is 13.1 Å². The summed E-state index contributed by atoms with van der Waals surface area (Å²) in [5, 5.41) is 0. The summed E-state index contributed by atoms with van der Waals surface area (Å²) in [5.74, 6) is 0. The summed E-state index contributed by atoms with van der Waals surface area (Å²) in [6, 6.07) is 9.36. The van der Waals surface area contributed by atoms with Crippen LogP contribution in [0.3, 0.4) is 0 Å². The summed E-state index contributed by atoms with van der Waals surface area (Å²) in [5.41, 5.74) is 3.01. The predicted molar refractivity (Wildman–Crippen MR) is 68.0 cm³/mol. The molecule has 2 heteroatoms. The van der Waals surface area contributed by atoms with Crippen LogP contribution in [-0.4, -0.2) is 30.2 Å². The number of nitrogens with zero attached hydrogens (tertiary/aromatic N) is 1. The molecule has 1 aromatic rings. The monoisotopic (exact) mass is 233 g/mol. The highest BCUT2D eigenvalue weighted by Gasteiger charge is 2.28. The maximum atomic E-state index is 13.3. The number of halogens is 1. The minimum atomic E-state index is -0.583. The SMILES string of the molecule is F[C@H]1CCN(C2CCc3ccccc3CC2)C1. The van der Waals surface area contributed by atoms with Crippen LogP contribution in [0, 0.1) is 0 Å². The van der Waals surface area contributed by atoms with Gasteiger partial charge in [0.2, 0.25) is 0 Å². The molecule has 1 aromatic carbocycles. The third kappa shape index (κ3) is 2.37. The molecule has 0 spiro atoms. The number of rotatable bonds is 1. The fraction of sp³-hybridized carbons (Fsp3) is 0.600. The van der Waals surface area contributed by atoms with Crippen molar-refractivity contribution in [3.8, 4) is 0 Å². The fourth-order valence-electron chi connectivity index (χ4n) is 3.27. The van der Waals surface area contributed by atoms with Gasteiger partial charge >= 0.3 is 0 Å². The molecule has 0 radical (unpaired) electrons. The van der Waals surface area contributed by atoms with Crippen molar-refractivity contribution >= 4 is 0 Å². The number of fused-ring (bicyclic) bond motifs is 1. The van der Waals surface area contributed by atoms with Crippen LogP contribution >= 0.6 is 0 Å². The Morgan fingerprint density at radius 3 is 2.18 bits per heavy atom. The van der Waals surface area contributed by atoms with E-state index in [0.29, 0.717) is 12.6 Å². The fourth-order valence-corrected chi connectivity index (χ4v) is 3.27. The van der Waals surface area contributed by atoms with Gasteiger partial charge in [0.25, 0.3) is 0 Å². The number of aryl methyl sites for hydroxylation is 2. The molecule has 1 nitrogen and oxygen atoms in total. The number of hydrogen-bond donors (Lipinski definition) is 0. The second-order valence-corrected chi connectivity index (χ2v) is 5.38. The van der Waals surface area contributed by atoms with Crippen LogP contribution in [0.1, 0.15) is 30.4 Å². The normalized spacial score (nSPS) is 26.8. The van der Waals surface area contributed by atoms with Crippen molar-refractivity contribution in [2.45, 2.75) is 44.3 Å². The number of hydrogen-bond acceptors (Lipinski definition) is 1. The highest BCUT2D eigenvalue weighted by molar-refractivity contribution is 5.28. The van der Waals surface area contributed by atoms with Crippen molar-refractivity contribution in [1.82, 2.24) is 4.90 Å². The van der Waals surface area contributed by atoms with E-state index in [2.05, 4.69) is 29.2 Å². The molecule has 1 saturated heterocycles. The lowest BCUT2D eigenvalue weighted by Gasteiger charge is -2.25. The number of benzene rings is 1. The Balaban J connectivity index is 1.69. The van der Waals surface area contributed by atoms with Gasteiger partial charge in [0.05, 0.1) is 0 Å². The molecule has 0 unspecified atom stereocenters. The highest BCUT2D eigenvalue weighted by Crippen LogP contribution is 2.26. The summed E-state index contributed by atoms with van der Waals surface area (Å²) >= 11 is 0. The average Bonchev–Trinajstić information content (AvgIpc) is 2.66. The molecule has 0 saturated carbocycles. The van der Waals surface area contributed by atoms with Gasteiger partial charge in [-0.1, -0.05) is 24.3 Å². The van der Waals surface area contributed by atoms with Crippen LogP contribution < -0.4 is 0 Å². The van der Waals surface area contributed by atoms with Gasteiger partial charge in [-0.3, -0.25) is 4.90 Å². The summed E-state index contributed by atoms with van der Waals surface area (Å²) in [6.45, 7) is 1.63. The third-order valence-electron chi connectivity index (χ3n) is 4.29. The van der Waals surface area contributed by atoms with Crippen LogP contribution in [-0.2, 0) is 12.8 Å². The second kappa shape index (κ2) is 4.77. The van der Waals surface area contributed by atoms with Crippen molar-refractivity contribution in [1.29, 1.82) is 0 Å². The van der Waals surface area contributed by atoms with Crippen molar-refractivity contribution in [3.05, 3.63) is 35.4 Å². The van der Waals surface area contributed by atoms with E-state index in [-0.39, 0.29) is 0 Å². The second-order valence-electron chi connectivity index (χ2n) is 5.38. The first kappa shape index (κ1) is 11.2. The van der Waals surface area contributed by atoms with Gasteiger partial charge in [0.1, 0.15) is 6.17 Å². The van der Waals surface area contributed by atoms with Gasteiger partial charge in [-0.25, -0.2) is 4.39 Å². The van der Waals surface area contributed by atoms with E-state index in [1.54, 1.807) is 0 Å². The topological polar surface area (TPSA) is 3.24 Å². The lowest BCUT2D eigenvalue weighted by Crippen LogP contribution is -2.33. The summed E-state index contributed by atoms with van der Waals surface area (Å²) in [6.07, 6.45) is 4.88. The van der Waals surface area contributed by atoms with Crippen LogP contribution in [0.4, 0.5) is 4.39 Å². The van der Waals surface area contributed by atoms with E-state index in [1.807, 2.05) is 0 Å². The van der Waals surface area contributed by atoms with Gasteiger partial charge in [0, 0.05) is 19.1 Å². The van der Waals surface area contributed by atoms with Gasteiger partial charge in [-0.2, -0.15) is 0 Å². The van der Waals surface area contributed by atoms with Crippen LogP contribution in [0.15, 0.2) is 24.3 Å². The van der Waals surface area contributed by atoms with E-state index in [0.717, 1.165) is 25.8 Å². The molecule has 1 atom stereocenters. The standard InChI is InChI=1S/C15H20FN/c16-14-9-10-17(11-14)15-7-5-12-3-1-2-4-13(12)6-8-15/h1-4,14-15H,5-11H2/t14-/m0/s1. The van der Waals surface area contributed by atoms with E-state index in [1.165, 1.54) is 24.0 Å². The summed E-state index contributed by atoms with van der Waals surface area (Å²) in [4.78, 5) is 2.37. The van der Waals surface area contributed by atoms with Crippen LogP contribution in [0.5, 0.6) is 0 Å². The van der Waals surface area contributed by atoms with Gasteiger partial charge in [-0.15, -0.1) is 0 Å². The minimum absolute atomic E-state index is 0.583. The number of likely N-dealkylation sites (tertiary alicyclic amines) is 1. The summed E-state index contributed by atoms with van der Waals surface area (Å²) < 4.78 is 13.3. The first-order chi connectivity index (χ1) is 8.33. The smallest absolute Gasteiger partial charge is 0.114 e. The summed E-state index contributed by atoms with van der Waals surface area (Å²) in [7, 11) is 0. The molecule has 92 valence electrons. The molecule has 17 heavy (non-hydrogen) atoms. The molecule has 0 amide bonds. The maximum Gasteiger partial charge on any atom is 0.114 e. The van der Waals surface area contributed by atoms with Crippen molar-refractivity contribution < 1.29 is 4.39 Å². The molecule has 1 aliphatic carbocycles. The molecule has 3 rings (SSSR count). The Hall–Kier alpha value is -0.890. The molecular weight excluding hydrogens is 213 g/mol. The minimum Gasteiger partial charge on any atom is -0.297 e. The predicted octanol–water partition coefficient (Wildman–Crippen LogP) is 2.98. The zero-order chi connectivity index (χ0) is 11.7. The molecule has 0 bridgehead atoms. The molecule has 1 aliphatic heterocycles. The zero-order valence-electron chi connectivity index (χ0n) is 10.2. The van der Waals surface area contributed by atoms with Crippen LogP contribution in [0.2, 0.25) is 0 Å². The first-order valence-electron chi connectivity index (χ1n) is 6.78. The van der Waals surface area contributed by atoms with Crippen molar-refractivity contribution in [2.24, 2.45) is 0 Å². The maximum absolute atomic E-state index is 13.3. The Labute approximate surface area is 103 Å². The van der Waals surface area contributed by atoms with E-state index < -0.39 is 6.17 Å². The Bertz CT molecular complexity index is 363. The lowest BCUT2D eigenvalue weighted by atomic mass is 10.0. The van der Waals surface area contributed by atoms with Crippen LogP contribution in [0.25, 0.3) is 0 Å². The van der Waals surface area contributed by atoms with Gasteiger partial charge < -0.3 is 0 Å². The average molecular weight is 233 g/mol. The molecule has 1 heterocycles. The number of alkyl halides is 1. The molecule has 0 aromatic heterocycles. The Morgan fingerprint density at radius 1 is 1.00 bits per heavy atom. The van der Waals surface area contributed by atoms with Gasteiger partial charge in [0.15, 0.2) is 0 Å². The molecule has 2 aliphatic rings. The van der Waals surface area contributed by atoms with E-state index in [4.69, 9.17) is 0 Å². The largest absolute Gasteiger partial charge is 0.297 e. The Morgan fingerprint density at radius 2 is 1.65 bits per heavy atom. The van der Waals surface area contributed by atoms with Gasteiger partial charge in [-0.05, 0) is 43.2 Å².